The maximum Gasteiger partial charge on any atom is 0.133 e. The van der Waals surface area contributed by atoms with Crippen molar-refractivity contribution < 1.29 is 14.6 Å². The number of ether oxygens (including phenoxy) is 1. The monoisotopic (exact) mass is 206 g/mol. The van der Waals surface area contributed by atoms with Crippen LogP contribution in [0.5, 0.6) is 11.5 Å². The zero-order valence-electron chi connectivity index (χ0n) is 8.48. The lowest BCUT2D eigenvalue weighted by molar-refractivity contribution is -0.121. The first-order chi connectivity index (χ1) is 7.24. The third-order valence-corrected chi connectivity index (χ3v) is 2.61. The van der Waals surface area contributed by atoms with Gasteiger partial charge < -0.3 is 9.84 Å². The van der Waals surface area contributed by atoms with E-state index in [-0.39, 0.29) is 11.9 Å². The molecule has 80 valence electrons. The molecule has 1 aliphatic rings. The predicted octanol–water partition coefficient (Wildman–Crippen LogP) is 2.28. The molecule has 3 nitrogen and oxygen atoms in total. The summed E-state index contributed by atoms with van der Waals surface area (Å²) in [4.78, 5) is 11.0. The topological polar surface area (TPSA) is 46.5 Å². The summed E-state index contributed by atoms with van der Waals surface area (Å²) in [5.74, 6) is 1.21. The number of rotatable bonds is 2. The van der Waals surface area contributed by atoms with Crippen LogP contribution in [0.15, 0.2) is 24.3 Å². The Hall–Kier alpha value is -1.51. The molecule has 0 bridgehead atoms. The second-order valence-electron chi connectivity index (χ2n) is 3.85. The number of carbonyl (C=O) groups is 1. The van der Waals surface area contributed by atoms with E-state index in [2.05, 4.69) is 0 Å². The van der Waals surface area contributed by atoms with Crippen LogP contribution >= 0.6 is 0 Å². The van der Waals surface area contributed by atoms with Crippen LogP contribution in [0.4, 0.5) is 0 Å². The lowest BCUT2D eigenvalue weighted by Gasteiger charge is -2.22. The van der Waals surface area contributed by atoms with E-state index in [9.17, 15) is 9.90 Å². The first kappa shape index (κ1) is 10.0. The highest BCUT2D eigenvalue weighted by atomic mass is 16.5. The molecular formula is C12H14O3. The van der Waals surface area contributed by atoms with Crippen LogP contribution in [0.2, 0.25) is 0 Å². The van der Waals surface area contributed by atoms with Gasteiger partial charge in [0.25, 0.3) is 0 Å². The van der Waals surface area contributed by atoms with Gasteiger partial charge in [0.15, 0.2) is 0 Å². The lowest BCUT2D eigenvalue weighted by atomic mass is 9.96. The minimum absolute atomic E-state index is 0.115. The van der Waals surface area contributed by atoms with Gasteiger partial charge in [0, 0.05) is 18.9 Å². The Morgan fingerprint density at radius 3 is 2.67 bits per heavy atom. The van der Waals surface area contributed by atoms with E-state index >= 15 is 0 Å². The van der Waals surface area contributed by atoms with Gasteiger partial charge in [-0.3, -0.25) is 4.79 Å². The Morgan fingerprint density at radius 1 is 1.27 bits per heavy atom. The molecule has 0 unspecified atom stereocenters. The zero-order chi connectivity index (χ0) is 10.7. The minimum atomic E-state index is 0.115. The van der Waals surface area contributed by atoms with Crippen LogP contribution in [0.1, 0.15) is 25.7 Å². The smallest absolute Gasteiger partial charge is 0.133 e. The highest BCUT2D eigenvalue weighted by molar-refractivity contribution is 5.79. The molecule has 2 rings (SSSR count). The van der Waals surface area contributed by atoms with Gasteiger partial charge in [-0.05, 0) is 25.0 Å². The second-order valence-corrected chi connectivity index (χ2v) is 3.85. The fraction of sp³-hybridized carbons (Fsp3) is 0.417. The number of aromatic hydroxyl groups is 1. The molecule has 0 saturated heterocycles. The molecule has 1 fully saturated rings. The van der Waals surface area contributed by atoms with E-state index in [1.165, 1.54) is 0 Å². The SMILES string of the molecule is O=C1CCC(Oc2cccc(O)c2)CC1. The van der Waals surface area contributed by atoms with Gasteiger partial charge in [0.05, 0.1) is 6.10 Å². The summed E-state index contributed by atoms with van der Waals surface area (Å²) in [5.41, 5.74) is 0. The average molecular weight is 206 g/mol. The summed E-state index contributed by atoms with van der Waals surface area (Å²) in [6.45, 7) is 0. The first-order valence-electron chi connectivity index (χ1n) is 5.21. The summed E-state index contributed by atoms with van der Waals surface area (Å²) in [6, 6.07) is 6.77. The fourth-order valence-corrected chi connectivity index (χ4v) is 1.78. The van der Waals surface area contributed by atoms with E-state index in [1.807, 2.05) is 6.07 Å². The third kappa shape index (κ3) is 2.72. The van der Waals surface area contributed by atoms with Crippen molar-refractivity contribution in [1.82, 2.24) is 0 Å². The van der Waals surface area contributed by atoms with Crippen LogP contribution in [0, 0.1) is 0 Å². The Balaban J connectivity index is 1.94. The van der Waals surface area contributed by atoms with Crippen molar-refractivity contribution >= 4 is 5.78 Å². The van der Waals surface area contributed by atoms with Gasteiger partial charge >= 0.3 is 0 Å². The highest BCUT2D eigenvalue weighted by Crippen LogP contribution is 2.24. The number of hydrogen-bond acceptors (Lipinski definition) is 3. The van der Waals surface area contributed by atoms with Crippen LogP contribution in [-0.2, 0) is 4.79 Å². The molecule has 0 radical (unpaired) electrons. The summed E-state index contributed by atoms with van der Waals surface area (Å²) < 4.78 is 5.67. The second kappa shape index (κ2) is 4.34. The number of benzene rings is 1. The maximum atomic E-state index is 11.0. The maximum absolute atomic E-state index is 11.0. The van der Waals surface area contributed by atoms with Gasteiger partial charge in [-0.2, -0.15) is 0 Å². The molecule has 1 aromatic rings. The van der Waals surface area contributed by atoms with E-state index in [0.717, 1.165) is 12.8 Å². The minimum Gasteiger partial charge on any atom is -0.508 e. The summed E-state index contributed by atoms with van der Waals surface area (Å²) in [5, 5.41) is 9.25. The van der Waals surface area contributed by atoms with E-state index < -0.39 is 0 Å². The van der Waals surface area contributed by atoms with E-state index in [0.29, 0.717) is 24.4 Å². The van der Waals surface area contributed by atoms with Crippen molar-refractivity contribution in [3.8, 4) is 11.5 Å². The van der Waals surface area contributed by atoms with Crippen molar-refractivity contribution in [3.05, 3.63) is 24.3 Å². The van der Waals surface area contributed by atoms with Crippen molar-refractivity contribution in [3.63, 3.8) is 0 Å². The van der Waals surface area contributed by atoms with Crippen molar-refractivity contribution in [2.75, 3.05) is 0 Å². The molecule has 0 amide bonds. The predicted molar refractivity (Wildman–Crippen MR) is 56.0 cm³/mol. The number of phenols is 1. The van der Waals surface area contributed by atoms with Gasteiger partial charge in [-0.25, -0.2) is 0 Å². The molecule has 15 heavy (non-hydrogen) atoms. The molecule has 0 atom stereocenters. The number of Topliss-reactive ketones (excluding diaryl/α,β-unsaturated/α-hetero) is 1. The standard InChI is InChI=1S/C12H14O3/c13-9-4-6-11(7-5-9)15-12-3-1-2-10(14)8-12/h1-3,8,11,14H,4-7H2. The van der Waals surface area contributed by atoms with Crippen LogP contribution in [-0.4, -0.2) is 17.0 Å². The molecule has 0 aromatic heterocycles. The quantitative estimate of drug-likeness (QED) is 0.807. The van der Waals surface area contributed by atoms with Crippen LogP contribution in [0.3, 0.4) is 0 Å². The number of phenolic OH excluding ortho intramolecular Hbond substituents is 1. The molecular weight excluding hydrogens is 192 g/mol. The molecule has 1 N–H and O–H groups in total. The van der Waals surface area contributed by atoms with Gasteiger partial charge in [0.1, 0.15) is 17.3 Å². The van der Waals surface area contributed by atoms with Crippen LogP contribution < -0.4 is 4.74 Å². The number of carbonyl (C=O) groups excluding carboxylic acids is 1. The molecule has 1 saturated carbocycles. The van der Waals surface area contributed by atoms with Crippen molar-refractivity contribution in [2.24, 2.45) is 0 Å². The molecule has 1 aromatic carbocycles. The average Bonchev–Trinajstić information content (AvgIpc) is 2.22. The summed E-state index contributed by atoms with van der Waals surface area (Å²) in [6.07, 6.45) is 2.92. The fourth-order valence-electron chi connectivity index (χ4n) is 1.78. The normalized spacial score (nSPS) is 17.7. The van der Waals surface area contributed by atoms with Gasteiger partial charge in [0.2, 0.25) is 0 Å². The highest BCUT2D eigenvalue weighted by Gasteiger charge is 2.19. The third-order valence-electron chi connectivity index (χ3n) is 2.61. The van der Waals surface area contributed by atoms with Crippen LogP contribution in [0.25, 0.3) is 0 Å². The Labute approximate surface area is 88.7 Å². The Bertz CT molecular complexity index is 350. The van der Waals surface area contributed by atoms with E-state index in [1.54, 1.807) is 18.2 Å². The molecule has 1 aliphatic carbocycles. The molecule has 0 spiro atoms. The lowest BCUT2D eigenvalue weighted by Crippen LogP contribution is -2.23. The number of hydrogen-bond donors (Lipinski definition) is 1. The van der Waals surface area contributed by atoms with E-state index in [4.69, 9.17) is 4.74 Å². The van der Waals surface area contributed by atoms with Crippen molar-refractivity contribution in [1.29, 1.82) is 0 Å². The van der Waals surface area contributed by atoms with Gasteiger partial charge in [-0.15, -0.1) is 0 Å². The Kier molecular flexibility index (Phi) is 2.90. The summed E-state index contributed by atoms with van der Waals surface area (Å²) >= 11 is 0. The Morgan fingerprint density at radius 2 is 2.00 bits per heavy atom. The number of ketones is 1. The molecule has 0 heterocycles. The summed E-state index contributed by atoms with van der Waals surface area (Å²) in [7, 11) is 0. The molecule has 3 heteroatoms. The first-order valence-corrected chi connectivity index (χ1v) is 5.21. The zero-order valence-corrected chi connectivity index (χ0v) is 8.48. The van der Waals surface area contributed by atoms with Crippen molar-refractivity contribution in [2.45, 2.75) is 31.8 Å². The van der Waals surface area contributed by atoms with Gasteiger partial charge in [-0.1, -0.05) is 6.07 Å². The molecule has 0 aliphatic heterocycles. The largest absolute Gasteiger partial charge is 0.508 e.